The normalized spacial score (nSPS) is 23.2. The Morgan fingerprint density at radius 2 is 1.62 bits per heavy atom. The summed E-state index contributed by atoms with van der Waals surface area (Å²) in [6, 6.07) is 7.09. The molecule has 0 unspecified atom stereocenters. The van der Waals surface area contributed by atoms with Crippen molar-refractivity contribution in [2.45, 2.75) is 70.9 Å². The first-order chi connectivity index (χ1) is 15.3. The number of piperidine rings is 1. The molecule has 4 rings (SSSR count). The largest absolute Gasteiger partial charge is 0.342 e. The van der Waals surface area contributed by atoms with Gasteiger partial charge in [-0.25, -0.2) is 0 Å². The number of carbonyl (C=O) groups is 3. The van der Waals surface area contributed by atoms with Crippen molar-refractivity contribution in [3.8, 4) is 0 Å². The third-order valence-corrected chi connectivity index (χ3v) is 7.43. The molecule has 7 heteroatoms. The molecule has 1 atom stereocenters. The van der Waals surface area contributed by atoms with Crippen LogP contribution in [0.1, 0.15) is 59.3 Å². The lowest BCUT2D eigenvalue weighted by molar-refractivity contribution is -0.137. The number of para-hydroxylation sites is 2. The van der Waals surface area contributed by atoms with Crippen LogP contribution in [0.3, 0.4) is 0 Å². The molecule has 0 bridgehead atoms. The van der Waals surface area contributed by atoms with Crippen LogP contribution in [0, 0.1) is 5.92 Å². The SMILES string of the molecule is C[C@@H](C(=O)N1c2ccccc2NC(=O)C1(C)C)N1CCC(C(=O)N2CCCCCC2)CC1. The number of nitrogens with one attached hydrogen (secondary N) is 1. The molecule has 0 aromatic heterocycles. The predicted molar refractivity (Wildman–Crippen MR) is 125 cm³/mol. The number of anilines is 2. The lowest BCUT2D eigenvalue weighted by Crippen LogP contribution is -2.62. The van der Waals surface area contributed by atoms with Gasteiger partial charge in [0.05, 0.1) is 17.4 Å². The smallest absolute Gasteiger partial charge is 0.250 e. The second-order valence-corrected chi connectivity index (χ2v) is 9.93. The van der Waals surface area contributed by atoms with Gasteiger partial charge in [-0.15, -0.1) is 0 Å². The van der Waals surface area contributed by atoms with Crippen molar-refractivity contribution >= 4 is 29.1 Å². The summed E-state index contributed by atoms with van der Waals surface area (Å²) in [5.41, 5.74) is 0.431. The van der Waals surface area contributed by atoms with Crippen molar-refractivity contribution in [1.82, 2.24) is 9.80 Å². The van der Waals surface area contributed by atoms with Crippen LogP contribution >= 0.6 is 0 Å². The molecule has 1 aromatic carbocycles. The molecule has 0 radical (unpaired) electrons. The number of hydrogen-bond acceptors (Lipinski definition) is 4. The van der Waals surface area contributed by atoms with Gasteiger partial charge in [-0.05, 0) is 71.7 Å². The number of nitrogens with zero attached hydrogens (tertiary/aromatic N) is 3. The molecule has 32 heavy (non-hydrogen) atoms. The molecule has 3 aliphatic rings. The Balaban J connectivity index is 1.43. The highest BCUT2D eigenvalue weighted by molar-refractivity contribution is 6.15. The minimum absolute atomic E-state index is 0.0598. The van der Waals surface area contributed by atoms with Crippen molar-refractivity contribution in [3.63, 3.8) is 0 Å². The predicted octanol–water partition coefficient (Wildman–Crippen LogP) is 3.25. The molecule has 2 fully saturated rings. The summed E-state index contributed by atoms with van der Waals surface area (Å²) in [7, 11) is 0. The fourth-order valence-electron chi connectivity index (χ4n) is 5.27. The van der Waals surface area contributed by atoms with E-state index in [0.29, 0.717) is 11.6 Å². The van der Waals surface area contributed by atoms with Crippen LogP contribution in [0.4, 0.5) is 11.4 Å². The number of rotatable bonds is 3. The van der Waals surface area contributed by atoms with E-state index in [1.807, 2.05) is 31.2 Å². The molecule has 3 aliphatic heterocycles. The molecule has 3 heterocycles. The quantitative estimate of drug-likeness (QED) is 0.783. The van der Waals surface area contributed by atoms with Gasteiger partial charge >= 0.3 is 0 Å². The molecular formula is C25H36N4O3. The maximum Gasteiger partial charge on any atom is 0.250 e. The van der Waals surface area contributed by atoms with Crippen molar-refractivity contribution in [2.75, 3.05) is 36.4 Å². The Hall–Kier alpha value is -2.41. The monoisotopic (exact) mass is 440 g/mol. The highest BCUT2D eigenvalue weighted by Gasteiger charge is 2.45. The second-order valence-electron chi connectivity index (χ2n) is 9.93. The van der Waals surface area contributed by atoms with Crippen LogP contribution in [0.15, 0.2) is 24.3 Å². The molecule has 0 aliphatic carbocycles. The fraction of sp³-hybridized carbons (Fsp3) is 0.640. The van der Waals surface area contributed by atoms with Gasteiger partial charge in [0.15, 0.2) is 0 Å². The van der Waals surface area contributed by atoms with E-state index < -0.39 is 5.54 Å². The van der Waals surface area contributed by atoms with Gasteiger partial charge < -0.3 is 10.2 Å². The standard InChI is InChI=1S/C25H36N4O3/c1-18(22(30)29-21-11-7-6-10-20(21)26-24(32)25(29,2)3)27-16-12-19(13-17-27)23(31)28-14-8-4-5-9-15-28/h6-7,10-11,18-19H,4-5,8-9,12-17H2,1-3H3,(H,26,32)/t18-/m0/s1. The molecule has 1 N–H and O–H groups in total. The summed E-state index contributed by atoms with van der Waals surface area (Å²) in [5.74, 6) is 0.103. The third-order valence-electron chi connectivity index (χ3n) is 7.43. The minimum atomic E-state index is -0.971. The number of amides is 3. The lowest BCUT2D eigenvalue weighted by atomic mass is 9.92. The topological polar surface area (TPSA) is 73.0 Å². The highest BCUT2D eigenvalue weighted by Crippen LogP contribution is 2.37. The van der Waals surface area contributed by atoms with Crippen molar-refractivity contribution in [1.29, 1.82) is 0 Å². The van der Waals surface area contributed by atoms with E-state index in [-0.39, 0.29) is 23.8 Å². The first-order valence-electron chi connectivity index (χ1n) is 12.1. The molecule has 1 aromatic rings. The van der Waals surface area contributed by atoms with Gasteiger partial charge in [0.25, 0.3) is 0 Å². The summed E-state index contributed by atoms with van der Waals surface area (Å²) in [6.45, 7) is 8.71. The Kier molecular flexibility index (Phi) is 6.56. The summed E-state index contributed by atoms with van der Waals surface area (Å²) in [5, 5.41) is 2.92. The molecule has 174 valence electrons. The van der Waals surface area contributed by atoms with Gasteiger partial charge in [-0.2, -0.15) is 0 Å². The first kappa shape index (κ1) is 22.8. The zero-order chi connectivity index (χ0) is 22.9. The molecule has 2 saturated heterocycles. The zero-order valence-corrected chi connectivity index (χ0v) is 19.6. The Bertz CT molecular complexity index is 868. The average Bonchev–Trinajstić information content (AvgIpc) is 3.08. The maximum absolute atomic E-state index is 13.7. The van der Waals surface area contributed by atoms with Gasteiger partial charge in [-0.3, -0.25) is 24.2 Å². The number of likely N-dealkylation sites (tertiary alicyclic amines) is 2. The van der Waals surface area contributed by atoms with Crippen molar-refractivity contribution < 1.29 is 14.4 Å². The zero-order valence-electron chi connectivity index (χ0n) is 19.6. The minimum Gasteiger partial charge on any atom is -0.342 e. The Labute approximate surface area is 191 Å². The van der Waals surface area contributed by atoms with E-state index in [0.717, 1.165) is 57.5 Å². The van der Waals surface area contributed by atoms with Crippen LogP contribution in [-0.4, -0.2) is 65.3 Å². The van der Waals surface area contributed by atoms with E-state index in [2.05, 4.69) is 15.1 Å². The van der Waals surface area contributed by atoms with E-state index in [9.17, 15) is 14.4 Å². The van der Waals surface area contributed by atoms with Gasteiger partial charge in [0.1, 0.15) is 5.54 Å². The van der Waals surface area contributed by atoms with E-state index in [4.69, 9.17) is 0 Å². The Morgan fingerprint density at radius 3 is 2.28 bits per heavy atom. The Morgan fingerprint density at radius 1 is 1.00 bits per heavy atom. The van der Waals surface area contributed by atoms with Crippen LogP contribution in [-0.2, 0) is 14.4 Å². The number of benzene rings is 1. The first-order valence-corrected chi connectivity index (χ1v) is 12.1. The lowest BCUT2D eigenvalue weighted by Gasteiger charge is -2.45. The third kappa shape index (κ3) is 4.27. The van der Waals surface area contributed by atoms with E-state index in [1.54, 1.807) is 18.7 Å². The molecular weight excluding hydrogens is 404 g/mol. The summed E-state index contributed by atoms with van der Waals surface area (Å²) in [6.07, 6.45) is 6.22. The molecule has 7 nitrogen and oxygen atoms in total. The van der Waals surface area contributed by atoms with Crippen molar-refractivity contribution in [2.24, 2.45) is 5.92 Å². The second kappa shape index (κ2) is 9.22. The summed E-state index contributed by atoms with van der Waals surface area (Å²) < 4.78 is 0. The summed E-state index contributed by atoms with van der Waals surface area (Å²) >= 11 is 0. The fourth-order valence-corrected chi connectivity index (χ4v) is 5.27. The van der Waals surface area contributed by atoms with E-state index >= 15 is 0 Å². The highest BCUT2D eigenvalue weighted by atomic mass is 16.2. The van der Waals surface area contributed by atoms with Crippen LogP contribution < -0.4 is 10.2 Å². The van der Waals surface area contributed by atoms with Crippen LogP contribution in [0.5, 0.6) is 0 Å². The van der Waals surface area contributed by atoms with Crippen molar-refractivity contribution in [3.05, 3.63) is 24.3 Å². The van der Waals surface area contributed by atoms with Gasteiger partial charge in [-0.1, -0.05) is 25.0 Å². The average molecular weight is 441 g/mol. The molecule has 0 saturated carbocycles. The molecule has 3 amide bonds. The number of carbonyl (C=O) groups excluding carboxylic acids is 3. The van der Waals surface area contributed by atoms with E-state index in [1.165, 1.54) is 12.8 Å². The maximum atomic E-state index is 13.7. The van der Waals surface area contributed by atoms with Crippen LogP contribution in [0.25, 0.3) is 0 Å². The summed E-state index contributed by atoms with van der Waals surface area (Å²) in [4.78, 5) is 45.3. The molecule has 0 spiro atoms. The van der Waals surface area contributed by atoms with Gasteiger partial charge in [0.2, 0.25) is 17.7 Å². The van der Waals surface area contributed by atoms with Gasteiger partial charge in [0, 0.05) is 19.0 Å². The number of fused-ring (bicyclic) bond motifs is 1. The van der Waals surface area contributed by atoms with Crippen LogP contribution in [0.2, 0.25) is 0 Å². The number of hydrogen-bond donors (Lipinski definition) is 1.